The van der Waals surface area contributed by atoms with Gasteiger partial charge in [-0.1, -0.05) is 44.2 Å². The second-order valence-corrected chi connectivity index (χ2v) is 3.23. The van der Waals surface area contributed by atoms with Gasteiger partial charge < -0.3 is 10.8 Å². The zero-order chi connectivity index (χ0) is 11.9. The van der Waals surface area contributed by atoms with E-state index in [9.17, 15) is 5.11 Å². The molecule has 0 radical (unpaired) electrons. The van der Waals surface area contributed by atoms with Crippen LogP contribution < -0.4 is 5.73 Å². The van der Waals surface area contributed by atoms with Crippen LogP contribution in [0.2, 0.25) is 0 Å². The third-order valence-electron chi connectivity index (χ3n) is 2.00. The van der Waals surface area contributed by atoms with Gasteiger partial charge in [0, 0.05) is 11.3 Å². The lowest BCUT2D eigenvalue weighted by Crippen LogP contribution is -2.19. The Hall–Kier alpha value is -1.28. The summed E-state index contributed by atoms with van der Waals surface area (Å²) in [6, 6.07) is 7.33. The van der Waals surface area contributed by atoms with Gasteiger partial charge >= 0.3 is 0 Å². The molecule has 0 aliphatic carbocycles. The number of nitrogens with two attached hydrogens (primary N) is 1. The van der Waals surface area contributed by atoms with Crippen molar-refractivity contribution in [2.45, 2.75) is 33.3 Å². The number of allylic oxidation sites excluding steroid dienone is 1. The average Bonchev–Trinajstić information content (AvgIpc) is 2.21. The quantitative estimate of drug-likeness (QED) is 0.578. The van der Waals surface area contributed by atoms with Gasteiger partial charge in [0.1, 0.15) is 5.60 Å². The number of nitrogen functional groups attached to an aromatic ring is 1. The zero-order valence-corrected chi connectivity index (χ0v) is 9.99. The van der Waals surface area contributed by atoms with E-state index in [0.29, 0.717) is 5.69 Å². The molecular weight excluding hydrogens is 186 g/mol. The maximum Gasteiger partial charge on any atom is 0.107 e. The van der Waals surface area contributed by atoms with Gasteiger partial charge in [-0.15, -0.1) is 0 Å². The van der Waals surface area contributed by atoms with E-state index < -0.39 is 5.60 Å². The van der Waals surface area contributed by atoms with Gasteiger partial charge in [0.25, 0.3) is 0 Å². The van der Waals surface area contributed by atoms with Gasteiger partial charge in [-0.25, -0.2) is 0 Å². The summed E-state index contributed by atoms with van der Waals surface area (Å²) in [7, 11) is 0. The van der Waals surface area contributed by atoms with E-state index in [-0.39, 0.29) is 0 Å². The minimum atomic E-state index is -0.972. The standard InChI is InChI=1S/C11H15NO.C2H6/c1-3-8-11(2,13)9-6-4-5-7-10(9)12;1-2/h3-8,13H,12H2,1-2H3;1-2H3/b8-3+;. The third kappa shape index (κ3) is 3.76. The van der Waals surface area contributed by atoms with Crippen LogP contribution in [-0.2, 0) is 5.60 Å². The molecule has 0 aliphatic rings. The first-order valence-electron chi connectivity index (χ1n) is 5.29. The Morgan fingerprint density at radius 2 is 1.80 bits per heavy atom. The van der Waals surface area contributed by atoms with Crippen LogP contribution in [-0.4, -0.2) is 5.11 Å². The molecule has 2 heteroatoms. The minimum absolute atomic E-state index is 0.616. The molecule has 0 aliphatic heterocycles. The second kappa shape index (κ2) is 6.25. The first-order chi connectivity index (χ1) is 7.08. The summed E-state index contributed by atoms with van der Waals surface area (Å²) in [5, 5.41) is 10.00. The predicted octanol–water partition coefficient (Wildman–Crippen LogP) is 3.08. The van der Waals surface area contributed by atoms with E-state index >= 15 is 0 Å². The smallest absolute Gasteiger partial charge is 0.107 e. The number of para-hydroxylation sites is 1. The fraction of sp³-hybridized carbons (Fsp3) is 0.385. The molecule has 1 atom stereocenters. The van der Waals surface area contributed by atoms with Gasteiger partial charge in [0.05, 0.1) is 0 Å². The van der Waals surface area contributed by atoms with Crippen molar-refractivity contribution in [3.05, 3.63) is 42.0 Å². The lowest BCUT2D eigenvalue weighted by atomic mass is 9.94. The Labute approximate surface area is 92.4 Å². The van der Waals surface area contributed by atoms with Crippen molar-refractivity contribution in [2.75, 3.05) is 5.73 Å². The topological polar surface area (TPSA) is 46.2 Å². The molecule has 1 aromatic carbocycles. The van der Waals surface area contributed by atoms with E-state index in [2.05, 4.69) is 0 Å². The van der Waals surface area contributed by atoms with Crippen LogP contribution >= 0.6 is 0 Å². The van der Waals surface area contributed by atoms with Gasteiger partial charge in [0.2, 0.25) is 0 Å². The summed E-state index contributed by atoms with van der Waals surface area (Å²) in [4.78, 5) is 0. The summed E-state index contributed by atoms with van der Waals surface area (Å²) in [5.74, 6) is 0. The van der Waals surface area contributed by atoms with Crippen LogP contribution in [0.5, 0.6) is 0 Å². The number of hydrogen-bond donors (Lipinski definition) is 2. The predicted molar refractivity (Wildman–Crippen MR) is 66.6 cm³/mol. The lowest BCUT2D eigenvalue weighted by Gasteiger charge is -2.21. The summed E-state index contributed by atoms with van der Waals surface area (Å²) in [6.45, 7) is 7.59. The molecule has 0 heterocycles. The number of rotatable bonds is 2. The Morgan fingerprint density at radius 1 is 1.27 bits per heavy atom. The summed E-state index contributed by atoms with van der Waals surface area (Å²) in [6.07, 6.45) is 3.53. The van der Waals surface area contributed by atoms with Crippen LogP contribution in [0, 0.1) is 0 Å². The number of anilines is 1. The van der Waals surface area contributed by atoms with Gasteiger partial charge in [-0.05, 0) is 19.9 Å². The summed E-state index contributed by atoms with van der Waals surface area (Å²) < 4.78 is 0. The molecule has 1 rings (SSSR count). The molecule has 0 amide bonds. The highest BCUT2D eigenvalue weighted by atomic mass is 16.3. The molecule has 1 aromatic rings. The van der Waals surface area contributed by atoms with Crippen LogP contribution in [0.15, 0.2) is 36.4 Å². The highest BCUT2D eigenvalue weighted by Gasteiger charge is 2.20. The van der Waals surface area contributed by atoms with Crippen molar-refractivity contribution in [3.63, 3.8) is 0 Å². The molecule has 0 saturated carbocycles. The molecule has 0 fully saturated rings. The van der Waals surface area contributed by atoms with Crippen molar-refractivity contribution >= 4 is 5.69 Å². The van der Waals surface area contributed by atoms with Gasteiger partial charge in [-0.2, -0.15) is 0 Å². The second-order valence-electron chi connectivity index (χ2n) is 3.23. The van der Waals surface area contributed by atoms with Crippen molar-refractivity contribution in [1.82, 2.24) is 0 Å². The van der Waals surface area contributed by atoms with E-state index in [4.69, 9.17) is 5.73 Å². The number of aliphatic hydroxyl groups is 1. The van der Waals surface area contributed by atoms with Gasteiger partial charge in [0.15, 0.2) is 0 Å². The molecule has 15 heavy (non-hydrogen) atoms. The van der Waals surface area contributed by atoms with Crippen molar-refractivity contribution < 1.29 is 5.11 Å². The first-order valence-corrected chi connectivity index (χ1v) is 5.29. The summed E-state index contributed by atoms with van der Waals surface area (Å²) in [5.41, 5.74) is 6.13. The maximum atomic E-state index is 10.00. The Morgan fingerprint density at radius 3 is 2.27 bits per heavy atom. The fourth-order valence-electron chi connectivity index (χ4n) is 1.37. The van der Waals surface area contributed by atoms with E-state index in [0.717, 1.165) is 5.56 Å². The van der Waals surface area contributed by atoms with E-state index in [1.165, 1.54) is 0 Å². The van der Waals surface area contributed by atoms with E-state index in [1.807, 2.05) is 45.0 Å². The first kappa shape index (κ1) is 13.7. The normalized spacial score (nSPS) is 14.2. The van der Waals surface area contributed by atoms with Crippen LogP contribution in [0.3, 0.4) is 0 Å². The van der Waals surface area contributed by atoms with Crippen molar-refractivity contribution in [1.29, 1.82) is 0 Å². The molecule has 3 N–H and O–H groups in total. The zero-order valence-electron chi connectivity index (χ0n) is 9.99. The molecule has 2 nitrogen and oxygen atoms in total. The minimum Gasteiger partial charge on any atom is -0.398 e. The monoisotopic (exact) mass is 207 g/mol. The molecule has 0 bridgehead atoms. The number of benzene rings is 1. The Kier molecular flexibility index (Phi) is 5.72. The molecular formula is C13H21NO. The third-order valence-corrected chi connectivity index (χ3v) is 2.00. The fourth-order valence-corrected chi connectivity index (χ4v) is 1.37. The molecule has 0 aromatic heterocycles. The van der Waals surface area contributed by atoms with Crippen LogP contribution in [0.25, 0.3) is 0 Å². The SMILES string of the molecule is C/C=C/C(C)(O)c1ccccc1N.CC. The van der Waals surface area contributed by atoms with Crippen LogP contribution in [0.4, 0.5) is 5.69 Å². The largest absolute Gasteiger partial charge is 0.398 e. The highest BCUT2D eigenvalue weighted by molar-refractivity contribution is 5.50. The lowest BCUT2D eigenvalue weighted by molar-refractivity contribution is 0.112. The molecule has 0 saturated heterocycles. The Bertz CT molecular complexity index is 316. The highest BCUT2D eigenvalue weighted by Crippen LogP contribution is 2.26. The van der Waals surface area contributed by atoms with Crippen molar-refractivity contribution in [3.8, 4) is 0 Å². The summed E-state index contributed by atoms with van der Waals surface area (Å²) >= 11 is 0. The molecule has 1 unspecified atom stereocenters. The molecule has 0 spiro atoms. The maximum absolute atomic E-state index is 10.00. The van der Waals surface area contributed by atoms with Gasteiger partial charge in [-0.3, -0.25) is 0 Å². The number of hydrogen-bond acceptors (Lipinski definition) is 2. The molecule has 84 valence electrons. The average molecular weight is 207 g/mol. The van der Waals surface area contributed by atoms with Crippen LogP contribution in [0.1, 0.15) is 33.3 Å². The van der Waals surface area contributed by atoms with Crippen molar-refractivity contribution in [2.24, 2.45) is 0 Å². The van der Waals surface area contributed by atoms with E-state index in [1.54, 1.807) is 19.1 Å². The Balaban J connectivity index is 0.000000921.